The van der Waals surface area contributed by atoms with Crippen molar-refractivity contribution in [1.29, 1.82) is 0 Å². The molecule has 0 aromatic heterocycles. The van der Waals surface area contributed by atoms with Gasteiger partial charge in [0.2, 0.25) is 0 Å². The molecule has 5 rings (SSSR count). The van der Waals surface area contributed by atoms with Crippen molar-refractivity contribution in [1.82, 2.24) is 10.2 Å². The summed E-state index contributed by atoms with van der Waals surface area (Å²) in [6, 6.07) is 23.6. The van der Waals surface area contributed by atoms with Crippen LogP contribution in [0.2, 0.25) is 0 Å². The van der Waals surface area contributed by atoms with Crippen LogP contribution < -0.4 is 15.8 Å². The SMILES string of the molecule is CCC(c1cccc(C(=O)NCC2CCCCC2)c1)N1Cc2cc(Oc3ccccc3)ccc2N=C1N. The Labute approximate surface area is 219 Å². The zero-order chi connectivity index (χ0) is 25.6. The van der Waals surface area contributed by atoms with Crippen LogP contribution in [-0.2, 0) is 6.54 Å². The third-order valence-electron chi connectivity index (χ3n) is 7.47. The Morgan fingerprint density at radius 2 is 1.84 bits per heavy atom. The first-order valence-electron chi connectivity index (χ1n) is 13.5. The van der Waals surface area contributed by atoms with E-state index in [1.165, 1.54) is 32.1 Å². The molecule has 6 nitrogen and oxygen atoms in total. The number of nitrogens with one attached hydrogen (secondary N) is 1. The molecule has 1 unspecified atom stereocenters. The number of benzene rings is 3. The van der Waals surface area contributed by atoms with Gasteiger partial charge in [0, 0.05) is 24.2 Å². The van der Waals surface area contributed by atoms with Gasteiger partial charge in [-0.2, -0.15) is 0 Å². The van der Waals surface area contributed by atoms with E-state index in [0.717, 1.165) is 41.3 Å². The summed E-state index contributed by atoms with van der Waals surface area (Å²) in [7, 11) is 0. The van der Waals surface area contributed by atoms with Crippen LogP contribution in [-0.4, -0.2) is 23.3 Å². The topological polar surface area (TPSA) is 80.0 Å². The van der Waals surface area contributed by atoms with Crippen LogP contribution in [0, 0.1) is 5.92 Å². The molecule has 1 aliphatic heterocycles. The van der Waals surface area contributed by atoms with E-state index >= 15 is 0 Å². The molecule has 3 N–H and O–H groups in total. The van der Waals surface area contributed by atoms with Gasteiger partial charge in [-0.3, -0.25) is 4.79 Å². The van der Waals surface area contributed by atoms with Crippen LogP contribution in [0.15, 0.2) is 77.8 Å². The van der Waals surface area contributed by atoms with Gasteiger partial charge in [0.15, 0.2) is 5.96 Å². The van der Waals surface area contributed by atoms with Gasteiger partial charge >= 0.3 is 0 Å². The number of nitrogens with zero attached hydrogens (tertiary/aromatic N) is 2. The van der Waals surface area contributed by atoms with E-state index in [1.807, 2.05) is 66.7 Å². The second-order valence-electron chi connectivity index (χ2n) is 10.1. The number of hydrogen-bond donors (Lipinski definition) is 2. The van der Waals surface area contributed by atoms with Gasteiger partial charge in [-0.05, 0) is 73.2 Å². The standard InChI is InChI=1S/C31H36N4O2/c1-2-29(23-12-9-13-24(18-23)30(36)33-20-22-10-5-3-6-11-22)35-21-25-19-27(16-17-28(25)34-31(35)32)37-26-14-7-4-8-15-26/h4,7-9,12-19,22,29H,2-3,5-6,10-11,20-21H2,1H3,(H2,32,34)(H,33,36). The van der Waals surface area contributed by atoms with Crippen molar-refractivity contribution >= 4 is 17.6 Å². The summed E-state index contributed by atoms with van der Waals surface area (Å²) >= 11 is 0. The van der Waals surface area contributed by atoms with Gasteiger partial charge in [-0.1, -0.05) is 56.5 Å². The highest BCUT2D eigenvalue weighted by Crippen LogP contribution is 2.35. The predicted molar refractivity (Wildman–Crippen MR) is 148 cm³/mol. The van der Waals surface area contributed by atoms with Crippen molar-refractivity contribution in [3.63, 3.8) is 0 Å². The molecule has 3 aromatic carbocycles. The molecular weight excluding hydrogens is 460 g/mol. The summed E-state index contributed by atoms with van der Waals surface area (Å²) in [6.07, 6.45) is 7.13. The first-order chi connectivity index (χ1) is 18.1. The lowest BCUT2D eigenvalue weighted by molar-refractivity contribution is 0.0943. The predicted octanol–water partition coefficient (Wildman–Crippen LogP) is 6.70. The Balaban J connectivity index is 1.31. The monoisotopic (exact) mass is 496 g/mol. The Bertz CT molecular complexity index is 1250. The molecule has 0 spiro atoms. The van der Waals surface area contributed by atoms with E-state index in [2.05, 4.69) is 23.2 Å². The largest absolute Gasteiger partial charge is 0.457 e. The molecule has 192 valence electrons. The molecule has 1 fully saturated rings. The smallest absolute Gasteiger partial charge is 0.251 e. The highest BCUT2D eigenvalue weighted by Gasteiger charge is 2.26. The normalized spacial score (nSPS) is 16.5. The van der Waals surface area contributed by atoms with Crippen molar-refractivity contribution < 1.29 is 9.53 Å². The zero-order valence-electron chi connectivity index (χ0n) is 21.5. The molecular formula is C31H36N4O2. The van der Waals surface area contributed by atoms with Crippen LogP contribution in [0.1, 0.15) is 73.0 Å². The number of hydrogen-bond acceptors (Lipinski definition) is 5. The number of rotatable bonds is 8. The van der Waals surface area contributed by atoms with Crippen LogP contribution in [0.4, 0.5) is 5.69 Å². The minimum absolute atomic E-state index is 0.00157. The molecule has 1 heterocycles. The minimum atomic E-state index is -0.00407. The first kappa shape index (κ1) is 24.9. The maximum absolute atomic E-state index is 13.0. The number of fused-ring (bicyclic) bond motifs is 1. The number of para-hydroxylation sites is 1. The summed E-state index contributed by atoms with van der Waals surface area (Å²) in [4.78, 5) is 19.8. The van der Waals surface area contributed by atoms with Gasteiger partial charge in [0.25, 0.3) is 5.91 Å². The second kappa shape index (κ2) is 11.5. The van der Waals surface area contributed by atoms with Gasteiger partial charge in [0.1, 0.15) is 11.5 Å². The Morgan fingerprint density at radius 3 is 2.62 bits per heavy atom. The van der Waals surface area contributed by atoms with Crippen molar-refractivity contribution in [3.8, 4) is 11.5 Å². The van der Waals surface area contributed by atoms with Gasteiger partial charge in [-0.15, -0.1) is 0 Å². The van der Waals surface area contributed by atoms with Crippen LogP contribution >= 0.6 is 0 Å². The van der Waals surface area contributed by atoms with E-state index in [-0.39, 0.29) is 11.9 Å². The molecule has 6 heteroatoms. The number of aliphatic imine (C=N–C) groups is 1. The van der Waals surface area contributed by atoms with E-state index < -0.39 is 0 Å². The number of amides is 1. The average molecular weight is 497 g/mol. The number of nitrogens with two attached hydrogens (primary N) is 1. The van der Waals surface area contributed by atoms with Crippen molar-refractivity contribution in [3.05, 3.63) is 89.5 Å². The van der Waals surface area contributed by atoms with Crippen molar-refractivity contribution in [2.75, 3.05) is 6.54 Å². The summed E-state index contributed by atoms with van der Waals surface area (Å²) in [5, 5.41) is 3.17. The van der Waals surface area contributed by atoms with Crippen molar-refractivity contribution in [2.24, 2.45) is 16.6 Å². The molecule has 1 saturated carbocycles. The molecule has 37 heavy (non-hydrogen) atoms. The van der Waals surface area contributed by atoms with Gasteiger partial charge in [-0.25, -0.2) is 4.99 Å². The summed E-state index contributed by atoms with van der Waals surface area (Å²) in [5.74, 6) is 2.65. The van der Waals surface area contributed by atoms with E-state index in [4.69, 9.17) is 15.5 Å². The second-order valence-corrected chi connectivity index (χ2v) is 10.1. The maximum atomic E-state index is 13.0. The molecule has 0 saturated heterocycles. The summed E-state index contributed by atoms with van der Waals surface area (Å²) < 4.78 is 6.04. The highest BCUT2D eigenvalue weighted by molar-refractivity contribution is 5.94. The minimum Gasteiger partial charge on any atom is -0.457 e. The van der Waals surface area contributed by atoms with Crippen LogP contribution in [0.3, 0.4) is 0 Å². The number of carbonyl (C=O) groups excluding carboxylic acids is 1. The lowest BCUT2D eigenvalue weighted by Gasteiger charge is -2.35. The Hall–Kier alpha value is -3.80. The summed E-state index contributed by atoms with van der Waals surface area (Å²) in [5.41, 5.74) is 10.1. The fraction of sp³-hybridized carbons (Fsp3) is 0.355. The van der Waals surface area contributed by atoms with E-state index in [1.54, 1.807) is 0 Å². The Kier molecular flexibility index (Phi) is 7.73. The molecule has 1 aliphatic carbocycles. The quantitative estimate of drug-likeness (QED) is 0.364. The van der Waals surface area contributed by atoms with E-state index in [0.29, 0.717) is 24.0 Å². The molecule has 1 atom stereocenters. The number of carbonyl (C=O) groups is 1. The van der Waals surface area contributed by atoms with Gasteiger partial charge in [0.05, 0.1) is 11.7 Å². The van der Waals surface area contributed by atoms with Gasteiger partial charge < -0.3 is 20.7 Å². The maximum Gasteiger partial charge on any atom is 0.251 e. The fourth-order valence-corrected chi connectivity index (χ4v) is 5.46. The highest BCUT2D eigenvalue weighted by atomic mass is 16.5. The zero-order valence-corrected chi connectivity index (χ0v) is 21.5. The number of ether oxygens (including phenoxy) is 1. The lowest BCUT2D eigenvalue weighted by atomic mass is 9.89. The molecule has 3 aromatic rings. The lowest BCUT2D eigenvalue weighted by Crippen LogP contribution is -2.41. The molecule has 1 amide bonds. The third kappa shape index (κ3) is 5.96. The first-order valence-corrected chi connectivity index (χ1v) is 13.5. The van der Waals surface area contributed by atoms with Crippen molar-refractivity contribution in [2.45, 2.75) is 58.0 Å². The van der Waals surface area contributed by atoms with Crippen LogP contribution in [0.25, 0.3) is 0 Å². The van der Waals surface area contributed by atoms with E-state index in [9.17, 15) is 4.79 Å². The average Bonchev–Trinajstić information content (AvgIpc) is 2.94. The fourth-order valence-electron chi connectivity index (χ4n) is 5.46. The summed E-state index contributed by atoms with van der Waals surface area (Å²) in [6.45, 7) is 3.52. The molecule has 2 aliphatic rings. The molecule has 0 bridgehead atoms. The molecule has 0 radical (unpaired) electrons. The number of guanidine groups is 1. The Morgan fingerprint density at radius 1 is 1.03 bits per heavy atom. The van der Waals surface area contributed by atoms with Crippen LogP contribution in [0.5, 0.6) is 11.5 Å². The third-order valence-corrected chi connectivity index (χ3v) is 7.47.